The minimum Gasteiger partial charge on any atom is -0.488 e. The summed E-state index contributed by atoms with van der Waals surface area (Å²) in [4.78, 5) is 0. The SMILES string of the molecule is CC(C)(C)Oc1cc(Br)ccc1CN. The van der Waals surface area contributed by atoms with Crippen LogP contribution in [0.5, 0.6) is 5.75 Å². The van der Waals surface area contributed by atoms with Crippen LogP contribution in [-0.2, 0) is 6.54 Å². The molecule has 1 aromatic carbocycles. The predicted molar refractivity (Wildman–Crippen MR) is 62.4 cm³/mol. The molecule has 0 aromatic heterocycles. The molecule has 14 heavy (non-hydrogen) atoms. The monoisotopic (exact) mass is 257 g/mol. The summed E-state index contributed by atoms with van der Waals surface area (Å²) in [5.41, 5.74) is 6.47. The second-order valence-electron chi connectivity index (χ2n) is 4.17. The zero-order valence-electron chi connectivity index (χ0n) is 8.80. The summed E-state index contributed by atoms with van der Waals surface area (Å²) < 4.78 is 6.80. The zero-order valence-corrected chi connectivity index (χ0v) is 10.4. The molecule has 78 valence electrons. The van der Waals surface area contributed by atoms with Gasteiger partial charge < -0.3 is 10.5 Å². The van der Waals surface area contributed by atoms with Crippen molar-refractivity contribution in [1.82, 2.24) is 0 Å². The van der Waals surface area contributed by atoms with Crippen LogP contribution in [0.2, 0.25) is 0 Å². The van der Waals surface area contributed by atoms with E-state index in [1.54, 1.807) is 0 Å². The normalized spacial score (nSPS) is 11.5. The molecule has 0 heterocycles. The van der Waals surface area contributed by atoms with Gasteiger partial charge in [-0.3, -0.25) is 0 Å². The van der Waals surface area contributed by atoms with Gasteiger partial charge in [0.2, 0.25) is 0 Å². The van der Waals surface area contributed by atoms with Crippen molar-refractivity contribution in [3.8, 4) is 5.75 Å². The smallest absolute Gasteiger partial charge is 0.125 e. The van der Waals surface area contributed by atoms with Crippen LogP contribution in [0.25, 0.3) is 0 Å². The molecule has 0 aliphatic carbocycles. The molecule has 0 aliphatic rings. The molecule has 0 fully saturated rings. The first-order chi connectivity index (χ1) is 6.42. The van der Waals surface area contributed by atoms with Crippen LogP contribution < -0.4 is 10.5 Å². The first-order valence-electron chi connectivity index (χ1n) is 4.60. The van der Waals surface area contributed by atoms with Crippen molar-refractivity contribution >= 4 is 15.9 Å². The highest BCUT2D eigenvalue weighted by Gasteiger charge is 2.14. The molecule has 0 unspecified atom stereocenters. The Hall–Kier alpha value is -0.540. The Labute approximate surface area is 93.6 Å². The fourth-order valence-corrected chi connectivity index (χ4v) is 1.46. The van der Waals surface area contributed by atoms with Gasteiger partial charge in [-0.05, 0) is 32.9 Å². The Kier molecular flexibility index (Phi) is 3.56. The van der Waals surface area contributed by atoms with Gasteiger partial charge in [-0.1, -0.05) is 22.0 Å². The molecule has 0 aliphatic heterocycles. The zero-order chi connectivity index (χ0) is 10.8. The highest BCUT2D eigenvalue weighted by atomic mass is 79.9. The number of ether oxygens (including phenoxy) is 1. The van der Waals surface area contributed by atoms with E-state index in [4.69, 9.17) is 10.5 Å². The Balaban J connectivity index is 2.99. The van der Waals surface area contributed by atoms with Crippen molar-refractivity contribution in [2.45, 2.75) is 32.9 Å². The number of nitrogens with two attached hydrogens (primary N) is 1. The Morgan fingerprint density at radius 2 is 2.00 bits per heavy atom. The summed E-state index contributed by atoms with van der Waals surface area (Å²) in [7, 11) is 0. The Morgan fingerprint density at radius 1 is 1.36 bits per heavy atom. The molecule has 3 heteroatoms. The average Bonchev–Trinajstić information content (AvgIpc) is 2.01. The van der Waals surface area contributed by atoms with Crippen LogP contribution in [0.3, 0.4) is 0 Å². The van der Waals surface area contributed by atoms with Crippen LogP contribution in [-0.4, -0.2) is 5.60 Å². The molecule has 0 saturated carbocycles. The number of halogens is 1. The summed E-state index contributed by atoms with van der Waals surface area (Å²) in [5, 5.41) is 0. The summed E-state index contributed by atoms with van der Waals surface area (Å²) in [6.45, 7) is 6.56. The van der Waals surface area contributed by atoms with Crippen LogP contribution in [0.15, 0.2) is 22.7 Å². The molecule has 0 bridgehead atoms. The van der Waals surface area contributed by atoms with E-state index in [1.807, 2.05) is 39.0 Å². The maximum atomic E-state index is 5.79. The third-order valence-corrected chi connectivity index (χ3v) is 2.16. The number of hydrogen-bond donors (Lipinski definition) is 1. The Morgan fingerprint density at radius 3 is 2.50 bits per heavy atom. The molecule has 0 spiro atoms. The van der Waals surface area contributed by atoms with E-state index in [-0.39, 0.29) is 5.60 Å². The van der Waals surface area contributed by atoms with Crippen molar-refractivity contribution in [3.05, 3.63) is 28.2 Å². The highest BCUT2D eigenvalue weighted by Crippen LogP contribution is 2.26. The van der Waals surface area contributed by atoms with E-state index in [0.29, 0.717) is 6.54 Å². The second kappa shape index (κ2) is 4.32. The van der Waals surface area contributed by atoms with Gasteiger partial charge in [-0.15, -0.1) is 0 Å². The fourth-order valence-electron chi connectivity index (χ4n) is 1.12. The molecule has 0 atom stereocenters. The first-order valence-corrected chi connectivity index (χ1v) is 5.39. The van der Waals surface area contributed by atoms with Crippen molar-refractivity contribution in [2.75, 3.05) is 0 Å². The highest BCUT2D eigenvalue weighted by molar-refractivity contribution is 9.10. The van der Waals surface area contributed by atoms with Crippen LogP contribution in [0.1, 0.15) is 26.3 Å². The summed E-state index contributed by atoms with van der Waals surface area (Å²) in [5.74, 6) is 0.856. The lowest BCUT2D eigenvalue weighted by atomic mass is 10.1. The average molecular weight is 258 g/mol. The third-order valence-electron chi connectivity index (χ3n) is 1.67. The van der Waals surface area contributed by atoms with E-state index in [1.165, 1.54) is 0 Å². The van der Waals surface area contributed by atoms with Crippen LogP contribution >= 0.6 is 15.9 Å². The van der Waals surface area contributed by atoms with Crippen LogP contribution in [0, 0.1) is 0 Å². The second-order valence-corrected chi connectivity index (χ2v) is 5.09. The summed E-state index contributed by atoms with van der Waals surface area (Å²) >= 11 is 3.41. The van der Waals surface area contributed by atoms with Gasteiger partial charge >= 0.3 is 0 Å². The first kappa shape index (κ1) is 11.5. The maximum absolute atomic E-state index is 5.79. The minimum atomic E-state index is -0.190. The third kappa shape index (κ3) is 3.31. The van der Waals surface area contributed by atoms with Gasteiger partial charge in [0.15, 0.2) is 0 Å². The molecule has 2 nitrogen and oxygen atoms in total. The lowest BCUT2D eigenvalue weighted by Crippen LogP contribution is -2.24. The van der Waals surface area contributed by atoms with Crippen molar-refractivity contribution in [2.24, 2.45) is 5.73 Å². The van der Waals surface area contributed by atoms with Crippen molar-refractivity contribution in [1.29, 1.82) is 0 Å². The van der Waals surface area contributed by atoms with Crippen LogP contribution in [0.4, 0.5) is 0 Å². The molecule has 1 rings (SSSR count). The quantitative estimate of drug-likeness (QED) is 0.884. The number of benzene rings is 1. The molecule has 0 amide bonds. The molecular weight excluding hydrogens is 242 g/mol. The minimum absolute atomic E-state index is 0.190. The molecule has 2 N–H and O–H groups in total. The number of hydrogen-bond acceptors (Lipinski definition) is 2. The molecule has 0 radical (unpaired) electrons. The largest absolute Gasteiger partial charge is 0.488 e. The van der Waals surface area contributed by atoms with E-state index in [2.05, 4.69) is 15.9 Å². The lowest BCUT2D eigenvalue weighted by molar-refractivity contribution is 0.129. The van der Waals surface area contributed by atoms with Gasteiger partial charge in [0, 0.05) is 16.6 Å². The van der Waals surface area contributed by atoms with Gasteiger partial charge in [0.1, 0.15) is 11.4 Å². The van der Waals surface area contributed by atoms with E-state index in [0.717, 1.165) is 15.8 Å². The molecule has 0 saturated heterocycles. The topological polar surface area (TPSA) is 35.2 Å². The molecular formula is C11H16BrNO. The number of rotatable bonds is 2. The fraction of sp³-hybridized carbons (Fsp3) is 0.455. The van der Waals surface area contributed by atoms with Gasteiger partial charge in [-0.25, -0.2) is 0 Å². The Bertz CT molecular complexity index is 318. The van der Waals surface area contributed by atoms with E-state index < -0.39 is 0 Å². The lowest BCUT2D eigenvalue weighted by Gasteiger charge is -2.23. The van der Waals surface area contributed by atoms with Gasteiger partial charge in [-0.2, -0.15) is 0 Å². The van der Waals surface area contributed by atoms with Crippen molar-refractivity contribution < 1.29 is 4.74 Å². The standard InChI is InChI=1S/C11H16BrNO/c1-11(2,3)14-10-6-9(12)5-4-8(10)7-13/h4-6H,7,13H2,1-3H3. The van der Waals surface area contributed by atoms with Gasteiger partial charge in [0.05, 0.1) is 0 Å². The maximum Gasteiger partial charge on any atom is 0.125 e. The van der Waals surface area contributed by atoms with Crippen molar-refractivity contribution in [3.63, 3.8) is 0 Å². The van der Waals surface area contributed by atoms with E-state index >= 15 is 0 Å². The van der Waals surface area contributed by atoms with Gasteiger partial charge in [0.25, 0.3) is 0 Å². The predicted octanol–water partition coefficient (Wildman–Crippen LogP) is 3.09. The molecule has 1 aromatic rings. The van der Waals surface area contributed by atoms with E-state index in [9.17, 15) is 0 Å². The summed E-state index contributed by atoms with van der Waals surface area (Å²) in [6.07, 6.45) is 0. The summed E-state index contributed by atoms with van der Waals surface area (Å²) in [6, 6.07) is 5.90.